The number of ketones is 1. The van der Waals surface area contributed by atoms with E-state index < -0.39 is 0 Å². The lowest BCUT2D eigenvalue weighted by Crippen LogP contribution is -2.31. The largest absolute Gasteiger partial charge is 0.497 e. The van der Waals surface area contributed by atoms with Crippen molar-refractivity contribution in [3.63, 3.8) is 0 Å². The Labute approximate surface area is 179 Å². The summed E-state index contributed by atoms with van der Waals surface area (Å²) in [5.41, 5.74) is 2.21. The van der Waals surface area contributed by atoms with Crippen LogP contribution in [0, 0.1) is 0 Å². The van der Waals surface area contributed by atoms with Crippen molar-refractivity contribution < 1.29 is 23.5 Å². The highest BCUT2D eigenvalue weighted by atomic mass is 16.5. The van der Waals surface area contributed by atoms with Crippen molar-refractivity contribution in [3.05, 3.63) is 83.8 Å². The fourth-order valence-electron chi connectivity index (χ4n) is 3.42. The summed E-state index contributed by atoms with van der Waals surface area (Å²) in [5.74, 6) is 1.48. The molecule has 31 heavy (non-hydrogen) atoms. The maximum Gasteiger partial charge on any atom is 0.281 e. The lowest BCUT2D eigenvalue weighted by atomic mass is 10.0. The Morgan fingerprint density at radius 3 is 2.58 bits per heavy atom. The first-order chi connectivity index (χ1) is 15.0. The topological polar surface area (TPSA) is 81.3 Å². The van der Waals surface area contributed by atoms with Crippen LogP contribution in [0.3, 0.4) is 0 Å². The summed E-state index contributed by atoms with van der Waals surface area (Å²) in [6.07, 6.45) is 2.10. The number of hydrogen-bond donors (Lipinski definition) is 0. The van der Waals surface area contributed by atoms with Crippen LogP contribution < -0.4 is 9.47 Å². The van der Waals surface area contributed by atoms with E-state index in [-0.39, 0.29) is 24.3 Å². The van der Waals surface area contributed by atoms with E-state index in [2.05, 4.69) is 5.10 Å². The molecule has 0 radical (unpaired) electrons. The number of furan rings is 1. The number of rotatable bonds is 7. The van der Waals surface area contributed by atoms with Gasteiger partial charge in [-0.2, -0.15) is 5.10 Å². The van der Waals surface area contributed by atoms with E-state index in [0.29, 0.717) is 23.5 Å². The summed E-state index contributed by atoms with van der Waals surface area (Å²) in [6.45, 7) is 1.27. The van der Waals surface area contributed by atoms with E-state index in [1.165, 1.54) is 11.9 Å². The zero-order chi connectivity index (χ0) is 21.8. The molecule has 2 aromatic carbocycles. The first kappa shape index (κ1) is 20.4. The second-order valence-corrected chi connectivity index (χ2v) is 7.12. The van der Waals surface area contributed by atoms with Crippen LogP contribution >= 0.6 is 0 Å². The molecule has 0 fully saturated rings. The molecule has 0 bridgehead atoms. The Morgan fingerprint density at radius 2 is 1.90 bits per heavy atom. The van der Waals surface area contributed by atoms with E-state index in [0.717, 1.165) is 17.0 Å². The first-order valence-electron chi connectivity index (χ1n) is 9.86. The monoisotopic (exact) mass is 418 g/mol. The second-order valence-electron chi connectivity index (χ2n) is 7.12. The highest BCUT2D eigenvalue weighted by molar-refractivity contribution is 6.03. The Balaban J connectivity index is 1.53. The number of carbonyl (C=O) groups excluding carboxylic acids is 2. The summed E-state index contributed by atoms with van der Waals surface area (Å²) in [5, 5.41) is 5.98. The molecule has 2 heterocycles. The Morgan fingerprint density at radius 1 is 1.10 bits per heavy atom. The molecule has 0 N–H and O–H groups in total. The van der Waals surface area contributed by atoms with Gasteiger partial charge in [-0.3, -0.25) is 9.59 Å². The molecule has 7 nitrogen and oxygen atoms in total. The maximum absolute atomic E-state index is 13.0. The van der Waals surface area contributed by atoms with Gasteiger partial charge in [0.05, 0.1) is 19.1 Å². The van der Waals surface area contributed by atoms with Gasteiger partial charge in [-0.15, -0.1) is 0 Å². The van der Waals surface area contributed by atoms with Gasteiger partial charge in [0.15, 0.2) is 12.4 Å². The van der Waals surface area contributed by atoms with Gasteiger partial charge >= 0.3 is 0 Å². The summed E-state index contributed by atoms with van der Waals surface area (Å²) in [7, 11) is 1.61. The molecule has 3 aromatic rings. The van der Waals surface area contributed by atoms with Gasteiger partial charge in [0.2, 0.25) is 0 Å². The van der Waals surface area contributed by atoms with Crippen LogP contribution in [0.2, 0.25) is 0 Å². The number of hydrogen-bond acceptors (Lipinski definition) is 6. The highest BCUT2D eigenvalue weighted by Crippen LogP contribution is 2.33. The van der Waals surface area contributed by atoms with Crippen molar-refractivity contribution in [1.29, 1.82) is 0 Å². The van der Waals surface area contributed by atoms with Crippen molar-refractivity contribution in [2.45, 2.75) is 19.4 Å². The molecule has 1 aromatic heterocycles. The third-order valence-corrected chi connectivity index (χ3v) is 5.06. The highest BCUT2D eigenvalue weighted by Gasteiger charge is 2.35. The maximum atomic E-state index is 13.0. The molecule has 7 heteroatoms. The third-order valence-electron chi connectivity index (χ3n) is 5.06. The van der Waals surface area contributed by atoms with Crippen LogP contribution in [-0.4, -0.2) is 36.1 Å². The number of hydrazone groups is 1. The predicted molar refractivity (Wildman–Crippen MR) is 114 cm³/mol. The average molecular weight is 418 g/mol. The lowest BCUT2D eigenvalue weighted by Gasteiger charge is -2.20. The number of Topliss-reactive ketones (excluding diaryl/α,β-unsaturated/α-hetero) is 1. The van der Waals surface area contributed by atoms with Gasteiger partial charge in [0.1, 0.15) is 23.3 Å². The standard InChI is InChI=1S/C24H22N2O5/c1-16(27)18-5-3-6-20(13-18)31-15-24(28)26-22(23-7-4-12-30-23)14-21(25-26)17-8-10-19(29-2)11-9-17/h3-13,22H,14-15H2,1-2H3/t22-/m0/s1. The van der Waals surface area contributed by atoms with Crippen LogP contribution in [0.1, 0.15) is 41.1 Å². The van der Waals surface area contributed by atoms with Gasteiger partial charge in [-0.25, -0.2) is 5.01 Å². The molecule has 0 saturated heterocycles. The van der Waals surface area contributed by atoms with Crippen molar-refractivity contribution >= 4 is 17.4 Å². The average Bonchev–Trinajstić information content (AvgIpc) is 3.48. The van der Waals surface area contributed by atoms with Crippen LogP contribution in [0.25, 0.3) is 0 Å². The second kappa shape index (κ2) is 8.87. The van der Waals surface area contributed by atoms with Crippen LogP contribution in [-0.2, 0) is 4.79 Å². The van der Waals surface area contributed by atoms with Gasteiger partial charge < -0.3 is 13.9 Å². The summed E-state index contributed by atoms with van der Waals surface area (Å²) >= 11 is 0. The molecule has 158 valence electrons. The van der Waals surface area contributed by atoms with Crippen molar-refractivity contribution in [2.75, 3.05) is 13.7 Å². The van der Waals surface area contributed by atoms with E-state index in [9.17, 15) is 9.59 Å². The Kier molecular flexibility index (Phi) is 5.84. The lowest BCUT2D eigenvalue weighted by molar-refractivity contribution is -0.135. The zero-order valence-electron chi connectivity index (χ0n) is 17.3. The molecular formula is C24H22N2O5. The van der Waals surface area contributed by atoms with Gasteiger partial charge in [-0.05, 0) is 61.0 Å². The van der Waals surface area contributed by atoms with Crippen molar-refractivity contribution in [1.82, 2.24) is 5.01 Å². The summed E-state index contributed by atoms with van der Waals surface area (Å²) in [6, 6.07) is 17.5. The fraction of sp³-hybridized carbons (Fsp3) is 0.208. The molecule has 0 unspecified atom stereocenters. The minimum absolute atomic E-state index is 0.0667. The Bertz CT molecular complexity index is 1100. The number of ether oxygens (including phenoxy) is 2. The number of amides is 1. The molecule has 0 spiro atoms. The molecule has 1 aliphatic rings. The minimum atomic E-state index is -0.355. The SMILES string of the molecule is COc1ccc(C2=NN(C(=O)COc3cccc(C(C)=O)c3)[C@H](c3ccco3)C2)cc1. The first-order valence-corrected chi connectivity index (χ1v) is 9.86. The number of nitrogens with zero attached hydrogens (tertiary/aromatic N) is 2. The van der Waals surface area contributed by atoms with Gasteiger partial charge in [-0.1, -0.05) is 12.1 Å². The summed E-state index contributed by atoms with van der Waals surface area (Å²) < 4.78 is 16.4. The zero-order valence-corrected chi connectivity index (χ0v) is 17.3. The van der Waals surface area contributed by atoms with Crippen molar-refractivity contribution in [2.24, 2.45) is 5.10 Å². The minimum Gasteiger partial charge on any atom is -0.497 e. The molecule has 4 rings (SSSR count). The Hall–Kier alpha value is -3.87. The number of benzene rings is 2. The molecule has 1 amide bonds. The van der Waals surface area contributed by atoms with Crippen LogP contribution in [0.5, 0.6) is 11.5 Å². The van der Waals surface area contributed by atoms with E-state index in [4.69, 9.17) is 13.9 Å². The van der Waals surface area contributed by atoms with Crippen LogP contribution in [0.4, 0.5) is 0 Å². The molecular weight excluding hydrogens is 396 g/mol. The molecule has 1 atom stereocenters. The summed E-state index contributed by atoms with van der Waals surface area (Å²) in [4.78, 5) is 24.5. The van der Waals surface area contributed by atoms with Crippen molar-refractivity contribution in [3.8, 4) is 11.5 Å². The van der Waals surface area contributed by atoms with Gasteiger partial charge in [0.25, 0.3) is 5.91 Å². The number of carbonyl (C=O) groups is 2. The van der Waals surface area contributed by atoms with E-state index in [1.807, 2.05) is 30.3 Å². The normalized spacial score (nSPS) is 15.5. The van der Waals surface area contributed by atoms with E-state index >= 15 is 0 Å². The quantitative estimate of drug-likeness (QED) is 0.536. The molecule has 0 aliphatic carbocycles. The molecule has 1 aliphatic heterocycles. The smallest absolute Gasteiger partial charge is 0.281 e. The third kappa shape index (κ3) is 4.50. The number of methoxy groups -OCH3 is 1. The van der Waals surface area contributed by atoms with E-state index in [1.54, 1.807) is 43.7 Å². The molecule has 0 saturated carbocycles. The predicted octanol–water partition coefficient (Wildman–Crippen LogP) is 4.25. The van der Waals surface area contributed by atoms with Gasteiger partial charge in [0, 0.05) is 12.0 Å². The fourth-order valence-corrected chi connectivity index (χ4v) is 3.42. The van der Waals surface area contributed by atoms with Crippen LogP contribution in [0.15, 0.2) is 76.4 Å².